The summed E-state index contributed by atoms with van der Waals surface area (Å²) in [5.74, 6) is -1.13. The molecule has 14 heavy (non-hydrogen) atoms. The van der Waals surface area contributed by atoms with Gasteiger partial charge in [0.1, 0.15) is 0 Å². The lowest BCUT2D eigenvalue weighted by molar-refractivity contribution is -0.149. The zero-order valence-corrected chi connectivity index (χ0v) is 7.90. The first-order valence-corrected chi connectivity index (χ1v) is 4.89. The lowest BCUT2D eigenvalue weighted by atomic mass is 9.87. The zero-order chi connectivity index (χ0) is 10.2. The highest BCUT2D eigenvalue weighted by Crippen LogP contribution is 2.56. The molecule has 2 N–H and O–H groups in total. The van der Waals surface area contributed by atoms with E-state index in [2.05, 4.69) is 0 Å². The van der Waals surface area contributed by atoms with Gasteiger partial charge in [-0.15, -0.1) is 0 Å². The van der Waals surface area contributed by atoms with Crippen molar-refractivity contribution >= 4 is 5.97 Å². The number of aliphatic carboxylic acids is 1. The highest BCUT2D eigenvalue weighted by molar-refractivity contribution is 5.74. The van der Waals surface area contributed by atoms with Crippen LogP contribution in [-0.2, 0) is 9.53 Å². The number of hydrogen-bond acceptors (Lipinski definition) is 3. The fraction of sp³-hybridized carbons (Fsp3) is 0.700. The minimum absolute atomic E-state index is 0.508. The molecule has 4 heteroatoms. The van der Waals surface area contributed by atoms with Crippen molar-refractivity contribution < 1.29 is 19.7 Å². The summed E-state index contributed by atoms with van der Waals surface area (Å²) in [5.41, 5.74) is 0.463. The molecule has 0 spiro atoms. The molecule has 0 aromatic rings. The van der Waals surface area contributed by atoms with Gasteiger partial charge in [-0.3, -0.25) is 0 Å². The van der Waals surface area contributed by atoms with E-state index in [1.165, 1.54) is 0 Å². The fourth-order valence-electron chi connectivity index (χ4n) is 2.07. The Morgan fingerprint density at radius 1 is 1.57 bits per heavy atom. The summed E-state index contributed by atoms with van der Waals surface area (Å²) in [6.07, 6.45) is 3.66. The zero-order valence-electron chi connectivity index (χ0n) is 7.90. The number of aliphatic hydroxyl groups excluding tert-OH is 1. The van der Waals surface area contributed by atoms with E-state index in [-0.39, 0.29) is 0 Å². The van der Waals surface area contributed by atoms with Gasteiger partial charge in [-0.25, -0.2) is 4.79 Å². The minimum Gasteiger partial charge on any atom is -0.501 e. The van der Waals surface area contributed by atoms with E-state index in [1.54, 1.807) is 6.26 Å². The quantitative estimate of drug-likeness (QED) is 0.707. The van der Waals surface area contributed by atoms with Gasteiger partial charge in [0.15, 0.2) is 6.10 Å². The molecule has 2 rings (SSSR count). The normalized spacial score (nSPS) is 25.9. The summed E-state index contributed by atoms with van der Waals surface area (Å²) >= 11 is 0. The largest absolute Gasteiger partial charge is 0.501 e. The number of rotatable bonds is 3. The lowest BCUT2D eigenvalue weighted by Gasteiger charge is -2.24. The molecule has 0 saturated heterocycles. The van der Waals surface area contributed by atoms with Gasteiger partial charge in [0.25, 0.3) is 0 Å². The summed E-state index contributed by atoms with van der Waals surface area (Å²) in [6.45, 7) is 0.697. The predicted octanol–water partition coefficient (Wildman–Crippen LogP) is 0.906. The first-order chi connectivity index (χ1) is 6.67. The first-order valence-electron chi connectivity index (χ1n) is 4.89. The average Bonchev–Trinajstić information content (AvgIpc) is 2.99. The molecule has 0 aromatic heterocycles. The molecule has 1 unspecified atom stereocenters. The summed E-state index contributed by atoms with van der Waals surface area (Å²) < 4.78 is 5.17. The Bertz CT molecular complexity index is 278. The molecule has 1 heterocycles. The van der Waals surface area contributed by atoms with Crippen molar-refractivity contribution in [2.45, 2.75) is 31.8 Å². The first kappa shape index (κ1) is 9.52. The van der Waals surface area contributed by atoms with Crippen LogP contribution in [-0.4, -0.2) is 28.9 Å². The Hall–Kier alpha value is -1.03. The maximum atomic E-state index is 10.7. The smallest absolute Gasteiger partial charge is 0.333 e. The van der Waals surface area contributed by atoms with Crippen LogP contribution in [0.5, 0.6) is 0 Å². The van der Waals surface area contributed by atoms with Gasteiger partial charge in [0.05, 0.1) is 12.9 Å². The van der Waals surface area contributed by atoms with E-state index in [1.807, 2.05) is 0 Å². The van der Waals surface area contributed by atoms with Crippen LogP contribution in [0.25, 0.3) is 0 Å². The molecular weight excluding hydrogens is 184 g/mol. The number of hydrogen-bond donors (Lipinski definition) is 2. The molecule has 1 aliphatic heterocycles. The number of carbonyl (C=O) groups is 1. The average molecular weight is 198 g/mol. The van der Waals surface area contributed by atoms with Crippen LogP contribution in [0, 0.1) is 5.41 Å². The van der Waals surface area contributed by atoms with Crippen LogP contribution in [0.2, 0.25) is 0 Å². The van der Waals surface area contributed by atoms with Crippen molar-refractivity contribution in [1.82, 2.24) is 0 Å². The lowest BCUT2D eigenvalue weighted by Crippen LogP contribution is -2.33. The molecule has 4 nitrogen and oxygen atoms in total. The van der Waals surface area contributed by atoms with Gasteiger partial charge in [-0.2, -0.15) is 0 Å². The van der Waals surface area contributed by atoms with Gasteiger partial charge >= 0.3 is 5.97 Å². The van der Waals surface area contributed by atoms with Crippen LogP contribution in [0.3, 0.4) is 0 Å². The molecule has 0 amide bonds. The molecule has 1 fully saturated rings. The SMILES string of the molecule is O=C(O)C(O)C1(C2=COCCC2)CC1. The Morgan fingerprint density at radius 2 is 2.29 bits per heavy atom. The summed E-state index contributed by atoms with van der Waals surface area (Å²) in [6, 6.07) is 0. The Kier molecular flexibility index (Phi) is 2.23. The van der Waals surface area contributed by atoms with E-state index in [4.69, 9.17) is 9.84 Å². The Balaban J connectivity index is 2.15. The summed E-state index contributed by atoms with van der Waals surface area (Å²) in [4.78, 5) is 10.7. The Morgan fingerprint density at radius 3 is 2.71 bits per heavy atom. The second-order valence-corrected chi connectivity index (χ2v) is 4.01. The van der Waals surface area contributed by atoms with Crippen molar-refractivity contribution in [3.63, 3.8) is 0 Å². The molecule has 1 saturated carbocycles. The van der Waals surface area contributed by atoms with E-state index >= 15 is 0 Å². The van der Waals surface area contributed by atoms with E-state index in [9.17, 15) is 9.90 Å². The molecule has 1 aliphatic carbocycles. The predicted molar refractivity (Wildman–Crippen MR) is 48.6 cm³/mol. The van der Waals surface area contributed by atoms with Crippen LogP contribution in [0.4, 0.5) is 0 Å². The van der Waals surface area contributed by atoms with Gasteiger partial charge in [0, 0.05) is 5.41 Å². The highest BCUT2D eigenvalue weighted by atomic mass is 16.5. The topological polar surface area (TPSA) is 66.8 Å². The van der Waals surface area contributed by atoms with Crippen molar-refractivity contribution in [2.75, 3.05) is 6.61 Å². The fourth-order valence-corrected chi connectivity index (χ4v) is 2.07. The minimum atomic E-state index is -1.27. The number of carboxylic acid groups (broad SMARTS) is 1. The van der Waals surface area contributed by atoms with E-state index < -0.39 is 17.5 Å². The van der Waals surface area contributed by atoms with Crippen LogP contribution in [0.1, 0.15) is 25.7 Å². The maximum absolute atomic E-state index is 10.7. The monoisotopic (exact) mass is 198 g/mol. The second-order valence-electron chi connectivity index (χ2n) is 4.01. The van der Waals surface area contributed by atoms with E-state index in [0.717, 1.165) is 31.3 Å². The van der Waals surface area contributed by atoms with Crippen LogP contribution >= 0.6 is 0 Å². The van der Waals surface area contributed by atoms with Crippen LogP contribution in [0.15, 0.2) is 11.8 Å². The molecule has 78 valence electrons. The highest BCUT2D eigenvalue weighted by Gasteiger charge is 2.54. The third-order valence-corrected chi connectivity index (χ3v) is 3.12. The van der Waals surface area contributed by atoms with Gasteiger partial charge in [-0.05, 0) is 31.3 Å². The van der Waals surface area contributed by atoms with Gasteiger partial charge < -0.3 is 14.9 Å². The van der Waals surface area contributed by atoms with Crippen molar-refractivity contribution in [3.05, 3.63) is 11.8 Å². The van der Waals surface area contributed by atoms with Crippen molar-refractivity contribution in [2.24, 2.45) is 5.41 Å². The Labute approximate surface area is 82.2 Å². The molecule has 2 aliphatic rings. The second kappa shape index (κ2) is 3.28. The van der Waals surface area contributed by atoms with Crippen molar-refractivity contribution in [3.8, 4) is 0 Å². The number of carboxylic acids is 1. The van der Waals surface area contributed by atoms with Crippen molar-refractivity contribution in [1.29, 1.82) is 0 Å². The maximum Gasteiger partial charge on any atom is 0.333 e. The van der Waals surface area contributed by atoms with Gasteiger partial charge in [0.2, 0.25) is 0 Å². The van der Waals surface area contributed by atoms with Gasteiger partial charge in [-0.1, -0.05) is 0 Å². The summed E-state index contributed by atoms with van der Waals surface area (Å²) in [5, 5.41) is 18.3. The standard InChI is InChI=1S/C10H14O4/c11-8(9(12)13)10(3-4-10)7-2-1-5-14-6-7/h6,8,11H,1-5H2,(H,12,13). The molecule has 0 bridgehead atoms. The van der Waals surface area contributed by atoms with Crippen LogP contribution < -0.4 is 0 Å². The molecule has 0 radical (unpaired) electrons. The van der Waals surface area contributed by atoms with E-state index in [0.29, 0.717) is 6.61 Å². The molecular formula is C10H14O4. The third-order valence-electron chi connectivity index (χ3n) is 3.12. The number of aliphatic hydroxyl groups is 1. The molecule has 0 aromatic carbocycles. The number of ether oxygens (including phenoxy) is 1. The molecule has 1 atom stereocenters. The summed E-state index contributed by atoms with van der Waals surface area (Å²) in [7, 11) is 0. The third kappa shape index (κ3) is 1.39.